The van der Waals surface area contributed by atoms with Crippen LogP contribution in [0.25, 0.3) is 0 Å². The van der Waals surface area contributed by atoms with E-state index < -0.39 is 179 Å². The van der Waals surface area contributed by atoms with Crippen molar-refractivity contribution in [1.82, 2.24) is 0 Å². The fourth-order valence-corrected chi connectivity index (χ4v) is 4.15. The Morgan fingerprint density at radius 2 is 0.803 bits per heavy atom. The van der Waals surface area contributed by atoms with Crippen LogP contribution in [0, 0.1) is 127 Å². The van der Waals surface area contributed by atoms with Gasteiger partial charge in [-0.25, -0.2) is 83.8 Å². The molecule has 0 atom stereocenters. The molecule has 0 saturated heterocycles. The van der Waals surface area contributed by atoms with Crippen LogP contribution in [0.4, 0.5) is 119 Å². The number of carbonyl (C=O) groups excluding carboxylic acids is 1. The van der Waals surface area contributed by atoms with Crippen LogP contribution in [0.15, 0.2) is 6.07 Å². The van der Waals surface area contributed by atoms with Crippen LogP contribution in [0.2, 0.25) is 0 Å². The number of carboxylic acids is 1. The Morgan fingerprint density at radius 1 is 0.455 bits per heavy atom. The minimum absolute atomic E-state index is 0.383. The molecule has 354 valence electrons. The summed E-state index contributed by atoms with van der Waals surface area (Å²) in [5.41, 5.74) is 23.2. The molecule has 0 aliphatic rings. The fraction of sp³-hybridized carbons (Fsp3) is 0.0286. The lowest BCUT2D eigenvalue weighted by Gasteiger charge is -2.08. The smallest absolute Gasteiger partial charge is 0.341 e. The molecular formula is C35H20F18N10O3. The maximum atomic E-state index is 13.1. The molecule has 31 heteroatoms. The Labute approximate surface area is 353 Å². The van der Waals surface area contributed by atoms with Gasteiger partial charge in [0.05, 0.1) is 28.4 Å². The summed E-state index contributed by atoms with van der Waals surface area (Å²) in [6, 6.07) is 2.91. The monoisotopic (exact) mass is 970 g/mol. The van der Waals surface area contributed by atoms with Crippen molar-refractivity contribution in [1.29, 1.82) is 10.5 Å². The van der Waals surface area contributed by atoms with E-state index >= 15 is 0 Å². The number of nitrogens with one attached hydrogen (secondary N) is 1. The molecule has 0 radical (unpaired) electrons. The number of nitrogens with two attached hydrogens (primary N) is 7. The van der Waals surface area contributed by atoms with Crippen molar-refractivity contribution < 1.29 is 93.7 Å². The second kappa shape index (κ2) is 22.1. The molecule has 0 fully saturated rings. The Balaban J connectivity index is 0.000000413. The topological polar surface area (TPSA) is 296 Å². The zero-order valence-corrected chi connectivity index (χ0v) is 31.6. The van der Waals surface area contributed by atoms with Crippen molar-refractivity contribution in [2.75, 3.05) is 46.8 Å². The van der Waals surface area contributed by atoms with E-state index in [0.717, 1.165) is 0 Å². The van der Waals surface area contributed by atoms with Gasteiger partial charge in [-0.3, -0.25) is 4.79 Å². The molecule has 66 heavy (non-hydrogen) atoms. The van der Waals surface area contributed by atoms with E-state index in [9.17, 15) is 88.6 Å². The van der Waals surface area contributed by atoms with Crippen LogP contribution in [-0.4, -0.2) is 24.0 Å². The molecule has 5 rings (SSSR count). The number of benzene rings is 5. The quantitative estimate of drug-likeness (QED) is 0.0382. The number of nitrogen functional groups attached to an aromatic ring is 6. The summed E-state index contributed by atoms with van der Waals surface area (Å²) >= 11 is 0. The van der Waals surface area contributed by atoms with Gasteiger partial charge in [-0.2, -0.15) is 10.5 Å². The van der Waals surface area contributed by atoms with Crippen molar-refractivity contribution in [3.8, 4) is 12.1 Å². The van der Waals surface area contributed by atoms with Crippen molar-refractivity contribution in [3.05, 3.63) is 133 Å². The van der Waals surface area contributed by atoms with Gasteiger partial charge >= 0.3 is 5.97 Å². The molecular weight excluding hydrogens is 950 g/mol. The van der Waals surface area contributed by atoms with Crippen LogP contribution in [0.1, 0.15) is 31.8 Å². The van der Waals surface area contributed by atoms with Crippen LogP contribution in [0.5, 0.6) is 0 Å². The fourth-order valence-electron chi connectivity index (χ4n) is 4.15. The molecule has 16 N–H and O–H groups in total. The number of aromatic carboxylic acids is 1. The Morgan fingerprint density at radius 3 is 1.20 bits per heavy atom. The number of rotatable bonds is 3. The van der Waals surface area contributed by atoms with Crippen molar-refractivity contribution in [2.24, 2.45) is 5.73 Å². The zero-order chi connectivity index (χ0) is 51.7. The number of carbonyl (C=O) groups is 2. The van der Waals surface area contributed by atoms with E-state index in [1.54, 1.807) is 0 Å². The number of carboxylic acid groups (broad SMARTS) is 1. The summed E-state index contributed by atoms with van der Waals surface area (Å²) in [6.45, 7) is 0. The van der Waals surface area contributed by atoms with Gasteiger partial charge in [-0.05, 0) is 0 Å². The molecule has 0 saturated carbocycles. The number of nitrogens with zero attached hydrogens (tertiary/aromatic N) is 2. The van der Waals surface area contributed by atoms with E-state index in [4.69, 9.17) is 50.0 Å². The highest BCUT2D eigenvalue weighted by Crippen LogP contribution is 2.31. The second-order valence-corrected chi connectivity index (χ2v) is 11.4. The Hall–Kier alpha value is -8.64. The predicted octanol–water partition coefficient (Wildman–Crippen LogP) is 7.01. The summed E-state index contributed by atoms with van der Waals surface area (Å²) in [5, 5.41) is 27.1. The van der Waals surface area contributed by atoms with E-state index in [-0.39, 0.29) is 0 Å². The van der Waals surface area contributed by atoms with Crippen LogP contribution in [-0.2, 0) is 0 Å². The maximum absolute atomic E-state index is 13.1. The number of amides is 1. The highest BCUT2D eigenvalue weighted by atomic mass is 19.2. The number of nitriles is 2. The largest absolute Gasteiger partial charge is 0.478 e. The molecule has 1 amide bonds. The van der Waals surface area contributed by atoms with E-state index in [1.807, 2.05) is 0 Å². The summed E-state index contributed by atoms with van der Waals surface area (Å²) in [7, 11) is 1.21. The summed E-state index contributed by atoms with van der Waals surface area (Å²) in [5.74, 6) is -34.9. The van der Waals surface area contributed by atoms with Crippen LogP contribution >= 0.6 is 0 Å². The molecule has 0 aromatic heterocycles. The van der Waals surface area contributed by atoms with Gasteiger partial charge in [-0.1, -0.05) is 0 Å². The third-order valence-electron chi connectivity index (χ3n) is 7.42. The third-order valence-corrected chi connectivity index (χ3v) is 7.42. The highest BCUT2D eigenvalue weighted by Gasteiger charge is 2.29. The lowest BCUT2D eigenvalue weighted by Crippen LogP contribution is -2.19. The first kappa shape index (κ1) is 55.4. The molecule has 5 aromatic rings. The highest BCUT2D eigenvalue weighted by molar-refractivity contribution is 5.98. The average molecular weight is 971 g/mol. The first-order chi connectivity index (χ1) is 30.3. The number of hydrogen-bond donors (Lipinski definition) is 9. The van der Waals surface area contributed by atoms with Crippen LogP contribution in [0.3, 0.4) is 0 Å². The van der Waals surface area contributed by atoms with Gasteiger partial charge in [0, 0.05) is 13.1 Å². The molecule has 0 heterocycles. The van der Waals surface area contributed by atoms with Gasteiger partial charge in [0.15, 0.2) is 105 Å². The summed E-state index contributed by atoms with van der Waals surface area (Å²) in [4.78, 5) is 20.8. The first-order valence-electron chi connectivity index (χ1n) is 15.8. The number of halogens is 18. The normalized spacial score (nSPS) is 10.0. The van der Waals surface area contributed by atoms with Crippen LogP contribution < -0.4 is 45.5 Å². The molecule has 0 aliphatic carbocycles. The van der Waals surface area contributed by atoms with Crippen molar-refractivity contribution in [2.45, 2.75) is 0 Å². The Kier molecular flexibility index (Phi) is 18.6. The molecule has 0 spiro atoms. The average Bonchev–Trinajstić information content (AvgIpc) is 3.27. The molecule has 5 aromatic carbocycles. The van der Waals surface area contributed by atoms with Crippen molar-refractivity contribution >= 4 is 51.7 Å². The predicted molar refractivity (Wildman–Crippen MR) is 192 cm³/mol. The lowest BCUT2D eigenvalue weighted by atomic mass is 10.1. The van der Waals surface area contributed by atoms with Gasteiger partial charge in [-0.15, -0.1) is 0 Å². The van der Waals surface area contributed by atoms with E-state index in [2.05, 4.69) is 11.1 Å². The summed E-state index contributed by atoms with van der Waals surface area (Å²) < 4.78 is 227. The number of hydrogen-bond acceptors (Lipinski definition) is 11. The minimum atomic E-state index is -2.20. The van der Waals surface area contributed by atoms with Gasteiger partial charge in [0.2, 0.25) is 0 Å². The molecule has 0 unspecified atom stereocenters. The number of anilines is 7. The molecule has 0 bridgehead atoms. The van der Waals surface area contributed by atoms with Gasteiger partial charge in [0.1, 0.15) is 45.8 Å². The molecule has 0 aliphatic heterocycles. The van der Waals surface area contributed by atoms with Crippen molar-refractivity contribution in [3.63, 3.8) is 0 Å². The Bertz CT molecular complexity index is 2630. The minimum Gasteiger partial charge on any atom is -0.478 e. The molecule has 13 nitrogen and oxygen atoms in total. The first-order valence-corrected chi connectivity index (χ1v) is 15.8. The SMILES string of the molecule is CNc1c(F)c(N)c(C#N)c(F)c1F.N#Cc1c(N)c(F)c(N)c(F)c1F.NC(=O)c1c(N)c(F)c(F)c(F)c1F.Nc1c(F)c(F)c(F)c(F)c1C(=O)O.Nc1cc(F)c(F)c(F)c1F. The van der Waals surface area contributed by atoms with Gasteiger partial charge < -0.3 is 50.6 Å². The maximum Gasteiger partial charge on any atom is 0.341 e. The summed E-state index contributed by atoms with van der Waals surface area (Å²) in [6.07, 6.45) is 0. The van der Waals surface area contributed by atoms with E-state index in [0.29, 0.717) is 6.07 Å². The van der Waals surface area contributed by atoms with E-state index in [1.165, 1.54) is 19.2 Å². The lowest BCUT2D eigenvalue weighted by molar-refractivity contribution is 0.0690. The van der Waals surface area contributed by atoms with Gasteiger partial charge in [0.25, 0.3) is 5.91 Å². The number of primary amides is 1. The standard InChI is InChI=1S/C8H6F3N3.C7H4F4N2O.C7H3F4NO2.C7H4F3N3.C6H3F4N/c1-14-8-5(10)4(9)3(2-12)7(13)6(8)11;2*8-2-1(7(13)14)6(12)5(11)4(10)3(2)9;8-3-2(1-11)6(12)5(10)7(13)4(3)9;7-2-1-3(11)5(9)6(10)4(2)8/h14H,13H2,1H3;12H2,(H2,13,14);12H2,(H,13,14);12-13H2;1H,11H2. The second-order valence-electron chi connectivity index (χ2n) is 11.4. The third kappa shape index (κ3) is 11.1. The zero-order valence-electron chi connectivity index (χ0n) is 31.6.